The third-order valence-electron chi connectivity index (χ3n) is 4.05. The van der Waals surface area contributed by atoms with Crippen molar-refractivity contribution in [2.45, 2.75) is 52.7 Å². The van der Waals surface area contributed by atoms with Crippen LogP contribution in [0.2, 0.25) is 0 Å². The van der Waals surface area contributed by atoms with E-state index in [9.17, 15) is 13.2 Å². The van der Waals surface area contributed by atoms with Gasteiger partial charge in [0.25, 0.3) is 10.1 Å². The molecule has 0 fully saturated rings. The summed E-state index contributed by atoms with van der Waals surface area (Å²) in [6.07, 6.45) is 15.2. The van der Waals surface area contributed by atoms with Crippen molar-refractivity contribution in [3.05, 3.63) is 36.0 Å². The molecule has 0 aliphatic heterocycles. The molecule has 0 aromatic carbocycles. The van der Waals surface area contributed by atoms with Crippen molar-refractivity contribution >= 4 is 15.9 Å². The second kappa shape index (κ2) is 9.34. The smallest absolute Gasteiger partial charge is 0.274 e. The molecule has 0 spiro atoms. The Morgan fingerprint density at radius 1 is 1.46 bits per heavy atom. The van der Waals surface area contributed by atoms with Gasteiger partial charge in [0.15, 0.2) is 5.78 Å². The molecule has 3 unspecified atom stereocenters. The van der Waals surface area contributed by atoms with E-state index in [4.69, 9.17) is 10.6 Å². The normalized spacial score (nSPS) is 20.5. The van der Waals surface area contributed by atoms with Gasteiger partial charge in [-0.2, -0.15) is 8.42 Å². The Labute approximate surface area is 158 Å². The molecule has 26 heavy (non-hydrogen) atoms. The van der Waals surface area contributed by atoms with Gasteiger partial charge in [0.2, 0.25) is 0 Å². The number of carbonyl (C=O) groups is 1. The van der Waals surface area contributed by atoms with Crippen molar-refractivity contribution in [1.29, 1.82) is 0 Å². The van der Waals surface area contributed by atoms with E-state index in [1.165, 1.54) is 0 Å². The molecule has 0 saturated heterocycles. The van der Waals surface area contributed by atoms with Gasteiger partial charge in [-0.15, -0.1) is 6.42 Å². The number of hydrogen-bond acceptors (Lipinski definition) is 4. The Hall–Kier alpha value is -1.64. The highest BCUT2D eigenvalue weighted by Gasteiger charge is 2.32. The van der Waals surface area contributed by atoms with Crippen molar-refractivity contribution in [2.75, 3.05) is 6.61 Å². The summed E-state index contributed by atoms with van der Waals surface area (Å²) in [5, 5.41) is -0.867. The molecule has 0 radical (unpaired) electrons. The molecule has 0 bridgehead atoms. The molecule has 4 nitrogen and oxygen atoms in total. The topological polar surface area (TPSA) is 60.4 Å². The van der Waals surface area contributed by atoms with Crippen LogP contribution in [0, 0.1) is 29.6 Å². The quantitative estimate of drug-likeness (QED) is 0.363. The van der Waals surface area contributed by atoms with E-state index < -0.39 is 21.3 Å². The number of allylic oxidation sites excluding steroid dienone is 5. The van der Waals surface area contributed by atoms with E-state index in [-0.39, 0.29) is 30.1 Å². The highest BCUT2D eigenvalue weighted by molar-refractivity contribution is 7.87. The lowest BCUT2D eigenvalue weighted by Gasteiger charge is -2.23. The largest absolute Gasteiger partial charge is 0.293 e. The van der Waals surface area contributed by atoms with E-state index in [2.05, 4.69) is 5.92 Å². The molecule has 0 heterocycles. The fourth-order valence-corrected chi connectivity index (χ4v) is 3.86. The molecule has 0 amide bonds. The van der Waals surface area contributed by atoms with Crippen LogP contribution in [-0.2, 0) is 19.1 Å². The summed E-state index contributed by atoms with van der Waals surface area (Å²) < 4.78 is 30.1. The van der Waals surface area contributed by atoms with E-state index >= 15 is 0 Å². The highest BCUT2D eigenvalue weighted by atomic mass is 32.2. The molecular formula is C21H30O4S. The highest BCUT2D eigenvalue weighted by Crippen LogP contribution is 2.27. The average molecular weight is 379 g/mol. The first-order valence-electron chi connectivity index (χ1n) is 8.94. The molecule has 0 N–H and O–H groups in total. The second-order valence-electron chi connectivity index (χ2n) is 7.84. The minimum atomic E-state index is -3.80. The van der Waals surface area contributed by atoms with Crippen LogP contribution < -0.4 is 0 Å². The van der Waals surface area contributed by atoms with Crippen LogP contribution in [0.3, 0.4) is 0 Å². The zero-order valence-corrected chi connectivity index (χ0v) is 17.2. The standard InChI is InChI=1S/C21H30O4S/c1-7-9-11-16(3)19(8-2)20(22)17-12-10-13-18(14-17)26(23,24)25-15-21(4,5)6/h2,9-13,16,18-19H,7,14-15H2,1,3-6H3/b11-9-. The van der Waals surface area contributed by atoms with Crippen LogP contribution in [-0.4, -0.2) is 26.1 Å². The molecular weight excluding hydrogens is 348 g/mol. The van der Waals surface area contributed by atoms with Crippen LogP contribution in [0.5, 0.6) is 0 Å². The summed E-state index contributed by atoms with van der Waals surface area (Å²) in [6, 6.07) is 0. The molecule has 3 atom stereocenters. The van der Waals surface area contributed by atoms with E-state index in [0.717, 1.165) is 6.42 Å². The Bertz CT molecular complexity index is 727. The Balaban J connectivity index is 2.89. The van der Waals surface area contributed by atoms with Crippen LogP contribution in [0.4, 0.5) is 0 Å². The van der Waals surface area contributed by atoms with Crippen molar-refractivity contribution in [3.63, 3.8) is 0 Å². The number of ketones is 1. The lowest BCUT2D eigenvalue weighted by molar-refractivity contribution is -0.118. The van der Waals surface area contributed by atoms with Crippen LogP contribution in [0.1, 0.15) is 47.5 Å². The molecule has 144 valence electrons. The number of Topliss-reactive ketones (excluding diaryl/α,β-unsaturated/α-hetero) is 1. The summed E-state index contributed by atoms with van der Waals surface area (Å²) in [7, 11) is -3.80. The van der Waals surface area contributed by atoms with E-state index in [1.54, 1.807) is 18.2 Å². The van der Waals surface area contributed by atoms with Crippen molar-refractivity contribution in [3.8, 4) is 12.3 Å². The Morgan fingerprint density at radius 2 is 2.12 bits per heavy atom. The zero-order chi connectivity index (χ0) is 20.0. The molecule has 0 saturated carbocycles. The monoisotopic (exact) mass is 378 g/mol. The van der Waals surface area contributed by atoms with Gasteiger partial charge < -0.3 is 0 Å². The van der Waals surface area contributed by atoms with Crippen LogP contribution in [0.25, 0.3) is 0 Å². The fraction of sp³-hybridized carbons (Fsp3) is 0.571. The lowest BCUT2D eigenvalue weighted by Crippen LogP contribution is -2.30. The van der Waals surface area contributed by atoms with Crippen LogP contribution >= 0.6 is 0 Å². The van der Waals surface area contributed by atoms with Gasteiger partial charge in [0, 0.05) is 0 Å². The van der Waals surface area contributed by atoms with Gasteiger partial charge in [-0.3, -0.25) is 8.98 Å². The van der Waals surface area contributed by atoms with E-state index in [0.29, 0.717) is 5.57 Å². The van der Waals surface area contributed by atoms with Crippen molar-refractivity contribution < 1.29 is 17.4 Å². The Morgan fingerprint density at radius 3 is 2.65 bits per heavy atom. The maximum absolute atomic E-state index is 12.8. The summed E-state index contributed by atoms with van der Waals surface area (Å²) >= 11 is 0. The van der Waals surface area contributed by atoms with Gasteiger partial charge in [0.05, 0.1) is 12.5 Å². The first-order valence-corrected chi connectivity index (χ1v) is 10.4. The molecule has 1 aliphatic carbocycles. The predicted octanol–water partition coefficient (Wildman–Crippen LogP) is 4.05. The average Bonchev–Trinajstić information content (AvgIpc) is 2.58. The minimum absolute atomic E-state index is 0.0875. The first kappa shape index (κ1) is 22.4. The van der Waals surface area contributed by atoms with Gasteiger partial charge in [-0.1, -0.05) is 70.9 Å². The lowest BCUT2D eigenvalue weighted by atomic mass is 9.84. The van der Waals surface area contributed by atoms with E-state index in [1.807, 2.05) is 46.8 Å². The third kappa shape index (κ3) is 6.59. The van der Waals surface area contributed by atoms with Crippen molar-refractivity contribution in [2.24, 2.45) is 17.3 Å². The molecule has 0 aromatic heterocycles. The maximum Gasteiger partial charge on any atom is 0.274 e. The summed E-state index contributed by atoms with van der Waals surface area (Å²) in [4.78, 5) is 12.8. The van der Waals surface area contributed by atoms with Gasteiger partial charge >= 0.3 is 0 Å². The third-order valence-corrected chi connectivity index (χ3v) is 5.56. The molecule has 1 rings (SSSR count). The Kier molecular flexibility index (Phi) is 8.05. The minimum Gasteiger partial charge on any atom is -0.293 e. The molecule has 0 aromatic rings. The first-order chi connectivity index (χ1) is 12.0. The fourth-order valence-electron chi connectivity index (χ4n) is 2.50. The summed E-state index contributed by atoms with van der Waals surface area (Å²) in [5.41, 5.74) is 0.162. The maximum atomic E-state index is 12.8. The number of terminal acetylenes is 1. The molecule has 1 aliphatic rings. The van der Waals surface area contributed by atoms with Gasteiger partial charge in [-0.25, -0.2) is 0 Å². The van der Waals surface area contributed by atoms with Crippen LogP contribution in [0.15, 0.2) is 36.0 Å². The number of carbonyl (C=O) groups excluding carboxylic acids is 1. The van der Waals surface area contributed by atoms with Gasteiger partial charge in [-0.05, 0) is 29.7 Å². The SMILES string of the molecule is C#CC(C(=O)C1=CC=CC(S(=O)(=O)OCC(C)(C)C)C1)C(C)/C=C\CC. The van der Waals surface area contributed by atoms with Gasteiger partial charge in [0.1, 0.15) is 5.25 Å². The zero-order valence-electron chi connectivity index (χ0n) is 16.4. The molecule has 5 heteroatoms. The predicted molar refractivity (Wildman–Crippen MR) is 106 cm³/mol. The number of rotatable bonds is 8. The second-order valence-corrected chi connectivity index (χ2v) is 9.67. The number of hydrogen-bond donors (Lipinski definition) is 0. The van der Waals surface area contributed by atoms with Crippen molar-refractivity contribution in [1.82, 2.24) is 0 Å². The summed E-state index contributed by atoms with van der Waals surface area (Å²) in [6.45, 7) is 9.70. The summed E-state index contributed by atoms with van der Waals surface area (Å²) in [5.74, 6) is 1.66.